The molecule has 1 aromatic heterocycles. The Balaban J connectivity index is 2.90. The van der Waals surface area contributed by atoms with Crippen molar-refractivity contribution in [1.29, 1.82) is 0 Å². The molecule has 1 N–H and O–H groups in total. The van der Waals surface area contributed by atoms with E-state index < -0.39 is 0 Å². The van der Waals surface area contributed by atoms with Gasteiger partial charge in [0, 0.05) is 24.7 Å². The fourth-order valence-corrected chi connectivity index (χ4v) is 1.39. The first-order valence-corrected chi connectivity index (χ1v) is 5.73. The number of aromatic nitrogens is 2. The van der Waals surface area contributed by atoms with Gasteiger partial charge in [-0.05, 0) is 12.8 Å². The van der Waals surface area contributed by atoms with Crippen LogP contribution in [0.1, 0.15) is 51.0 Å². The maximum Gasteiger partial charge on any atom is 0.133 e. The lowest BCUT2D eigenvalue weighted by Crippen LogP contribution is -2.05. The van der Waals surface area contributed by atoms with Gasteiger partial charge in [-0.2, -0.15) is 0 Å². The first-order valence-electron chi connectivity index (χ1n) is 5.73. The Hall–Kier alpha value is -1.12. The number of hydrogen-bond acceptors (Lipinski definition) is 3. The van der Waals surface area contributed by atoms with E-state index in [1.165, 1.54) is 12.8 Å². The predicted molar refractivity (Wildman–Crippen MR) is 64.3 cm³/mol. The summed E-state index contributed by atoms with van der Waals surface area (Å²) in [6.45, 7) is 6.44. The smallest absolute Gasteiger partial charge is 0.133 e. The minimum atomic E-state index is 0.388. The zero-order valence-electron chi connectivity index (χ0n) is 10.2. The molecule has 0 aliphatic heterocycles. The largest absolute Gasteiger partial charge is 0.373 e. The lowest BCUT2D eigenvalue weighted by molar-refractivity contribution is 0.728. The normalized spacial score (nSPS) is 10.7. The van der Waals surface area contributed by atoms with Gasteiger partial charge in [-0.15, -0.1) is 0 Å². The number of rotatable bonds is 5. The second-order valence-electron chi connectivity index (χ2n) is 4.11. The van der Waals surface area contributed by atoms with Crippen molar-refractivity contribution >= 4 is 5.82 Å². The molecule has 1 aromatic rings. The van der Waals surface area contributed by atoms with Gasteiger partial charge in [-0.3, -0.25) is 0 Å². The number of nitrogens with zero attached hydrogens (tertiary/aromatic N) is 2. The Labute approximate surface area is 92.3 Å². The highest BCUT2D eigenvalue weighted by Crippen LogP contribution is 2.14. The van der Waals surface area contributed by atoms with Crippen molar-refractivity contribution in [2.45, 2.75) is 46.0 Å². The average molecular weight is 207 g/mol. The van der Waals surface area contributed by atoms with Crippen LogP contribution in [0.25, 0.3) is 0 Å². The Morgan fingerprint density at radius 1 is 1.33 bits per heavy atom. The molecule has 0 atom stereocenters. The number of anilines is 1. The molecule has 0 radical (unpaired) electrons. The highest BCUT2D eigenvalue weighted by atomic mass is 15.0. The zero-order valence-corrected chi connectivity index (χ0v) is 10.2. The third kappa shape index (κ3) is 3.50. The molecule has 1 rings (SSSR count). The van der Waals surface area contributed by atoms with Crippen molar-refractivity contribution in [2.24, 2.45) is 0 Å². The molecular weight excluding hydrogens is 186 g/mol. The molecule has 0 spiro atoms. The second kappa shape index (κ2) is 5.69. The average Bonchev–Trinajstić information content (AvgIpc) is 2.25. The Morgan fingerprint density at radius 3 is 2.60 bits per heavy atom. The lowest BCUT2D eigenvalue weighted by atomic mass is 10.1. The van der Waals surface area contributed by atoms with Crippen molar-refractivity contribution in [3.63, 3.8) is 0 Å². The maximum atomic E-state index is 4.57. The van der Waals surface area contributed by atoms with Gasteiger partial charge in [0.05, 0.1) is 0 Å². The van der Waals surface area contributed by atoms with E-state index in [2.05, 4.69) is 36.1 Å². The highest BCUT2D eigenvalue weighted by molar-refractivity contribution is 5.35. The molecule has 0 saturated heterocycles. The number of hydrogen-bond donors (Lipinski definition) is 1. The molecule has 3 heteroatoms. The van der Waals surface area contributed by atoms with E-state index in [-0.39, 0.29) is 0 Å². The van der Waals surface area contributed by atoms with E-state index in [1.807, 2.05) is 13.1 Å². The molecule has 0 saturated carbocycles. The van der Waals surface area contributed by atoms with E-state index >= 15 is 0 Å². The SMILES string of the molecule is CCCCc1cc(NC)nc(C(C)C)n1. The van der Waals surface area contributed by atoms with Crippen molar-refractivity contribution in [1.82, 2.24) is 9.97 Å². The van der Waals surface area contributed by atoms with Crippen LogP contribution in [-0.4, -0.2) is 17.0 Å². The van der Waals surface area contributed by atoms with Gasteiger partial charge in [0.15, 0.2) is 0 Å². The molecule has 3 nitrogen and oxygen atoms in total. The van der Waals surface area contributed by atoms with Crippen LogP contribution in [0.3, 0.4) is 0 Å². The summed E-state index contributed by atoms with van der Waals surface area (Å²) < 4.78 is 0. The molecule has 0 aliphatic rings. The third-order valence-electron chi connectivity index (χ3n) is 2.36. The quantitative estimate of drug-likeness (QED) is 0.806. The zero-order chi connectivity index (χ0) is 11.3. The van der Waals surface area contributed by atoms with E-state index in [0.717, 1.165) is 23.8 Å². The summed E-state index contributed by atoms with van der Waals surface area (Å²) in [5.74, 6) is 2.26. The van der Waals surface area contributed by atoms with E-state index in [4.69, 9.17) is 0 Å². The molecule has 0 amide bonds. The standard InChI is InChI=1S/C12H21N3/c1-5-6-7-10-8-11(13-4)15-12(14-10)9(2)3/h8-9H,5-7H2,1-4H3,(H,13,14,15). The molecular formula is C12H21N3. The van der Waals surface area contributed by atoms with Crippen molar-refractivity contribution in [3.8, 4) is 0 Å². The van der Waals surface area contributed by atoms with Gasteiger partial charge in [-0.1, -0.05) is 27.2 Å². The van der Waals surface area contributed by atoms with Crippen LogP contribution in [0.2, 0.25) is 0 Å². The minimum Gasteiger partial charge on any atom is -0.373 e. The molecule has 84 valence electrons. The van der Waals surface area contributed by atoms with Gasteiger partial charge in [0.1, 0.15) is 11.6 Å². The van der Waals surface area contributed by atoms with Crippen molar-refractivity contribution in [2.75, 3.05) is 12.4 Å². The van der Waals surface area contributed by atoms with Crippen molar-refractivity contribution < 1.29 is 0 Å². The maximum absolute atomic E-state index is 4.57. The Bertz CT molecular complexity index is 308. The van der Waals surface area contributed by atoms with Crippen LogP contribution < -0.4 is 5.32 Å². The summed E-state index contributed by atoms with van der Waals surface area (Å²) in [6.07, 6.45) is 3.45. The fourth-order valence-electron chi connectivity index (χ4n) is 1.39. The van der Waals surface area contributed by atoms with Gasteiger partial charge in [-0.25, -0.2) is 9.97 Å². The van der Waals surface area contributed by atoms with E-state index in [9.17, 15) is 0 Å². The molecule has 15 heavy (non-hydrogen) atoms. The monoisotopic (exact) mass is 207 g/mol. The first kappa shape index (κ1) is 12.0. The van der Waals surface area contributed by atoms with E-state index in [1.54, 1.807) is 0 Å². The lowest BCUT2D eigenvalue weighted by Gasteiger charge is -2.09. The summed E-state index contributed by atoms with van der Waals surface area (Å²) in [4.78, 5) is 9.00. The van der Waals surface area contributed by atoms with Gasteiger partial charge in [0.25, 0.3) is 0 Å². The minimum absolute atomic E-state index is 0.388. The predicted octanol–water partition coefficient (Wildman–Crippen LogP) is 2.98. The van der Waals surface area contributed by atoms with Crippen LogP contribution in [-0.2, 0) is 6.42 Å². The molecule has 0 bridgehead atoms. The fraction of sp³-hybridized carbons (Fsp3) is 0.667. The van der Waals surface area contributed by atoms with Gasteiger partial charge < -0.3 is 5.32 Å². The van der Waals surface area contributed by atoms with Crippen LogP contribution in [0, 0.1) is 0 Å². The van der Waals surface area contributed by atoms with Crippen LogP contribution in [0.5, 0.6) is 0 Å². The van der Waals surface area contributed by atoms with Crippen LogP contribution >= 0.6 is 0 Å². The number of aryl methyl sites for hydroxylation is 1. The molecule has 1 heterocycles. The second-order valence-corrected chi connectivity index (χ2v) is 4.11. The molecule has 0 aliphatic carbocycles. The van der Waals surface area contributed by atoms with Gasteiger partial charge in [0.2, 0.25) is 0 Å². The van der Waals surface area contributed by atoms with Crippen molar-refractivity contribution in [3.05, 3.63) is 17.6 Å². The molecule has 0 fully saturated rings. The van der Waals surface area contributed by atoms with Crippen LogP contribution in [0.15, 0.2) is 6.07 Å². The molecule has 0 aromatic carbocycles. The van der Waals surface area contributed by atoms with Crippen LogP contribution in [0.4, 0.5) is 5.82 Å². The number of nitrogens with one attached hydrogen (secondary N) is 1. The summed E-state index contributed by atoms with van der Waals surface area (Å²) in [6, 6.07) is 2.04. The van der Waals surface area contributed by atoms with Gasteiger partial charge >= 0.3 is 0 Å². The topological polar surface area (TPSA) is 37.8 Å². The Morgan fingerprint density at radius 2 is 2.07 bits per heavy atom. The third-order valence-corrected chi connectivity index (χ3v) is 2.36. The molecule has 0 unspecified atom stereocenters. The summed E-state index contributed by atoms with van der Waals surface area (Å²) in [7, 11) is 1.90. The first-order chi connectivity index (χ1) is 7.17. The Kier molecular flexibility index (Phi) is 4.53. The van der Waals surface area contributed by atoms with E-state index in [0.29, 0.717) is 5.92 Å². The summed E-state index contributed by atoms with van der Waals surface area (Å²) >= 11 is 0. The highest BCUT2D eigenvalue weighted by Gasteiger charge is 2.06. The number of unbranched alkanes of at least 4 members (excludes halogenated alkanes) is 1. The summed E-state index contributed by atoms with van der Waals surface area (Å²) in [5.41, 5.74) is 1.15. The summed E-state index contributed by atoms with van der Waals surface area (Å²) in [5, 5.41) is 3.09.